The van der Waals surface area contributed by atoms with Crippen molar-refractivity contribution >= 4 is 0 Å². The van der Waals surface area contributed by atoms with E-state index in [4.69, 9.17) is 4.74 Å². The number of hydrogen-bond donors (Lipinski definition) is 0. The van der Waals surface area contributed by atoms with Crippen molar-refractivity contribution in [1.82, 2.24) is 14.7 Å². The van der Waals surface area contributed by atoms with Gasteiger partial charge in [0.15, 0.2) is 0 Å². The summed E-state index contributed by atoms with van der Waals surface area (Å²) in [7, 11) is 0. The van der Waals surface area contributed by atoms with Crippen molar-refractivity contribution in [3.63, 3.8) is 0 Å². The van der Waals surface area contributed by atoms with E-state index in [1.165, 1.54) is 24.8 Å². The molecule has 94 valence electrons. The van der Waals surface area contributed by atoms with Gasteiger partial charge in [-0.25, -0.2) is 0 Å². The minimum Gasteiger partial charge on any atom is -0.371 e. The van der Waals surface area contributed by atoms with Crippen molar-refractivity contribution in [2.24, 2.45) is 0 Å². The Hall–Kier alpha value is -0.870. The third-order valence-electron chi connectivity index (χ3n) is 4.04. The van der Waals surface area contributed by atoms with E-state index in [9.17, 15) is 0 Å². The average molecular weight is 235 g/mol. The van der Waals surface area contributed by atoms with Gasteiger partial charge < -0.3 is 4.74 Å². The molecule has 1 saturated carbocycles. The largest absolute Gasteiger partial charge is 0.371 e. The Labute approximate surface area is 103 Å². The fraction of sp³-hybridized carbons (Fsp3) is 0.769. The van der Waals surface area contributed by atoms with E-state index in [1.54, 1.807) is 0 Å². The van der Waals surface area contributed by atoms with Gasteiger partial charge in [0.05, 0.1) is 18.9 Å². The summed E-state index contributed by atoms with van der Waals surface area (Å²) in [5, 5.41) is 4.33. The predicted octanol–water partition coefficient (Wildman–Crippen LogP) is 1.83. The summed E-state index contributed by atoms with van der Waals surface area (Å²) in [6.45, 7) is 6.04. The molecule has 1 aliphatic carbocycles. The number of aromatic nitrogens is 2. The SMILES string of the molecule is CCn1cc([C@H]2CN(C3CCC3)CCO2)cn1. The van der Waals surface area contributed by atoms with Crippen LogP contribution in [-0.2, 0) is 11.3 Å². The molecule has 0 spiro atoms. The molecule has 2 fully saturated rings. The zero-order valence-electron chi connectivity index (χ0n) is 10.5. The highest BCUT2D eigenvalue weighted by Gasteiger charge is 2.30. The third-order valence-corrected chi connectivity index (χ3v) is 4.04. The fourth-order valence-corrected chi connectivity index (χ4v) is 2.67. The second-order valence-electron chi connectivity index (χ2n) is 5.07. The highest BCUT2D eigenvalue weighted by atomic mass is 16.5. The van der Waals surface area contributed by atoms with E-state index in [-0.39, 0.29) is 6.10 Å². The molecular weight excluding hydrogens is 214 g/mol. The number of nitrogens with zero attached hydrogens (tertiary/aromatic N) is 3. The molecule has 3 rings (SSSR count). The average Bonchev–Trinajstić information content (AvgIpc) is 2.75. The van der Waals surface area contributed by atoms with E-state index in [0.29, 0.717) is 0 Å². The number of rotatable bonds is 3. The maximum Gasteiger partial charge on any atom is 0.0982 e. The summed E-state index contributed by atoms with van der Waals surface area (Å²) in [5.41, 5.74) is 1.23. The Balaban J connectivity index is 1.66. The van der Waals surface area contributed by atoms with Crippen LogP contribution in [0.4, 0.5) is 0 Å². The van der Waals surface area contributed by atoms with E-state index in [0.717, 1.165) is 32.3 Å². The van der Waals surface area contributed by atoms with Gasteiger partial charge in [-0.05, 0) is 19.8 Å². The van der Waals surface area contributed by atoms with E-state index in [2.05, 4.69) is 23.1 Å². The summed E-state index contributed by atoms with van der Waals surface area (Å²) >= 11 is 0. The molecule has 4 nitrogen and oxygen atoms in total. The van der Waals surface area contributed by atoms with E-state index < -0.39 is 0 Å². The van der Waals surface area contributed by atoms with Crippen LogP contribution in [0.3, 0.4) is 0 Å². The number of morpholine rings is 1. The molecule has 0 bridgehead atoms. The molecule has 1 aromatic rings. The van der Waals surface area contributed by atoms with Gasteiger partial charge in [0.1, 0.15) is 0 Å². The molecule has 0 N–H and O–H groups in total. The van der Waals surface area contributed by atoms with Gasteiger partial charge in [-0.1, -0.05) is 6.42 Å². The van der Waals surface area contributed by atoms with Crippen LogP contribution in [0.2, 0.25) is 0 Å². The van der Waals surface area contributed by atoms with Gasteiger partial charge in [-0.2, -0.15) is 5.10 Å². The Morgan fingerprint density at radius 1 is 1.47 bits per heavy atom. The highest BCUT2D eigenvalue weighted by Crippen LogP contribution is 2.30. The lowest BCUT2D eigenvalue weighted by Gasteiger charge is -2.42. The fourth-order valence-electron chi connectivity index (χ4n) is 2.67. The van der Waals surface area contributed by atoms with Crippen molar-refractivity contribution in [3.8, 4) is 0 Å². The zero-order valence-corrected chi connectivity index (χ0v) is 10.5. The first kappa shape index (κ1) is 11.2. The van der Waals surface area contributed by atoms with Crippen molar-refractivity contribution < 1.29 is 4.74 Å². The monoisotopic (exact) mass is 235 g/mol. The zero-order chi connectivity index (χ0) is 11.7. The van der Waals surface area contributed by atoms with Crippen molar-refractivity contribution in [2.45, 2.75) is 44.9 Å². The first-order valence-electron chi connectivity index (χ1n) is 6.75. The molecule has 17 heavy (non-hydrogen) atoms. The van der Waals surface area contributed by atoms with Gasteiger partial charge in [0, 0.05) is 37.4 Å². The molecule has 1 aromatic heterocycles. The van der Waals surface area contributed by atoms with Crippen LogP contribution >= 0.6 is 0 Å². The molecule has 2 aliphatic rings. The first-order chi connectivity index (χ1) is 8.36. The normalized spacial score (nSPS) is 27.0. The third kappa shape index (κ3) is 2.24. The Kier molecular flexibility index (Phi) is 3.16. The van der Waals surface area contributed by atoms with Gasteiger partial charge in [-0.3, -0.25) is 9.58 Å². The molecule has 1 aliphatic heterocycles. The molecule has 0 radical (unpaired) electrons. The quantitative estimate of drug-likeness (QED) is 0.800. The first-order valence-corrected chi connectivity index (χ1v) is 6.75. The summed E-state index contributed by atoms with van der Waals surface area (Å²) in [6, 6.07) is 0.822. The number of hydrogen-bond acceptors (Lipinski definition) is 3. The van der Waals surface area contributed by atoms with Gasteiger partial charge in [-0.15, -0.1) is 0 Å². The minimum atomic E-state index is 0.227. The van der Waals surface area contributed by atoms with Gasteiger partial charge in [0.25, 0.3) is 0 Å². The number of ether oxygens (including phenoxy) is 1. The highest BCUT2D eigenvalue weighted by molar-refractivity contribution is 5.10. The van der Waals surface area contributed by atoms with Crippen molar-refractivity contribution in [1.29, 1.82) is 0 Å². The molecule has 4 heteroatoms. The lowest BCUT2D eigenvalue weighted by atomic mass is 9.90. The summed E-state index contributed by atoms with van der Waals surface area (Å²) in [4.78, 5) is 2.60. The van der Waals surface area contributed by atoms with E-state index >= 15 is 0 Å². The van der Waals surface area contributed by atoms with Crippen LogP contribution < -0.4 is 0 Å². The molecular formula is C13H21N3O. The molecule has 2 heterocycles. The lowest BCUT2D eigenvalue weighted by Crippen LogP contribution is -2.47. The topological polar surface area (TPSA) is 30.3 Å². The Bertz CT molecular complexity index is 372. The van der Waals surface area contributed by atoms with Crippen LogP contribution in [-0.4, -0.2) is 40.4 Å². The Morgan fingerprint density at radius 3 is 3.00 bits per heavy atom. The van der Waals surface area contributed by atoms with Crippen LogP contribution in [0.25, 0.3) is 0 Å². The van der Waals surface area contributed by atoms with Gasteiger partial charge in [0.2, 0.25) is 0 Å². The van der Waals surface area contributed by atoms with Crippen molar-refractivity contribution in [3.05, 3.63) is 18.0 Å². The maximum absolute atomic E-state index is 5.88. The number of aryl methyl sites for hydroxylation is 1. The smallest absolute Gasteiger partial charge is 0.0982 e. The minimum absolute atomic E-state index is 0.227. The summed E-state index contributed by atoms with van der Waals surface area (Å²) < 4.78 is 7.85. The molecule has 1 atom stereocenters. The molecule has 0 amide bonds. The second-order valence-corrected chi connectivity index (χ2v) is 5.07. The molecule has 1 saturated heterocycles. The standard InChI is InChI=1S/C13H21N3O/c1-2-16-9-11(8-14-16)13-10-15(6-7-17-13)12-4-3-5-12/h8-9,12-13H,2-7,10H2,1H3/t13-/m1/s1. The second kappa shape index (κ2) is 4.78. The maximum atomic E-state index is 5.88. The van der Waals surface area contributed by atoms with Crippen LogP contribution in [0.1, 0.15) is 37.9 Å². The predicted molar refractivity (Wildman–Crippen MR) is 65.8 cm³/mol. The van der Waals surface area contributed by atoms with Gasteiger partial charge >= 0.3 is 0 Å². The molecule has 0 aromatic carbocycles. The Morgan fingerprint density at radius 2 is 2.35 bits per heavy atom. The van der Waals surface area contributed by atoms with Crippen LogP contribution in [0.5, 0.6) is 0 Å². The van der Waals surface area contributed by atoms with Crippen molar-refractivity contribution in [2.75, 3.05) is 19.7 Å². The van der Waals surface area contributed by atoms with Crippen LogP contribution in [0.15, 0.2) is 12.4 Å². The van der Waals surface area contributed by atoms with Crippen LogP contribution in [0, 0.1) is 0 Å². The molecule has 0 unspecified atom stereocenters. The summed E-state index contributed by atoms with van der Waals surface area (Å²) in [5.74, 6) is 0. The summed E-state index contributed by atoms with van der Waals surface area (Å²) in [6.07, 6.45) is 8.46. The lowest BCUT2D eigenvalue weighted by molar-refractivity contribution is -0.0566. The van der Waals surface area contributed by atoms with E-state index in [1.807, 2.05) is 10.9 Å².